The molecule has 0 amide bonds. The summed E-state index contributed by atoms with van der Waals surface area (Å²) >= 11 is 5.75. The third kappa shape index (κ3) is 2.86. The lowest BCUT2D eigenvalue weighted by atomic mass is 10.3. The van der Waals surface area contributed by atoms with Gasteiger partial charge in [0.05, 0.1) is 17.7 Å². The standard InChI is InChI=1S/C9H12ClNO2/c1-6(2)13-9-3-7(5-12)8(10)4-11-9/h3-4,6,12H,5H2,1-2H3. The highest BCUT2D eigenvalue weighted by Gasteiger charge is 2.04. The molecule has 0 aliphatic rings. The number of hydrogen-bond acceptors (Lipinski definition) is 3. The van der Waals surface area contributed by atoms with Gasteiger partial charge in [0.25, 0.3) is 0 Å². The average Bonchev–Trinajstić information content (AvgIpc) is 2.07. The van der Waals surface area contributed by atoms with Crippen molar-refractivity contribution in [2.45, 2.75) is 26.6 Å². The van der Waals surface area contributed by atoms with Crippen molar-refractivity contribution in [3.8, 4) is 5.88 Å². The molecule has 0 aliphatic carbocycles. The zero-order chi connectivity index (χ0) is 9.84. The van der Waals surface area contributed by atoms with Gasteiger partial charge in [0.1, 0.15) is 0 Å². The van der Waals surface area contributed by atoms with Crippen molar-refractivity contribution in [3.63, 3.8) is 0 Å². The lowest BCUT2D eigenvalue weighted by molar-refractivity contribution is 0.230. The van der Waals surface area contributed by atoms with Gasteiger partial charge < -0.3 is 9.84 Å². The zero-order valence-electron chi connectivity index (χ0n) is 7.62. The van der Waals surface area contributed by atoms with Gasteiger partial charge in [-0.15, -0.1) is 0 Å². The minimum absolute atomic E-state index is 0.0696. The number of ether oxygens (including phenoxy) is 1. The highest BCUT2D eigenvalue weighted by Crippen LogP contribution is 2.19. The van der Waals surface area contributed by atoms with Crippen LogP contribution in [0.15, 0.2) is 12.3 Å². The summed E-state index contributed by atoms with van der Waals surface area (Å²) < 4.78 is 5.33. The molecular formula is C9H12ClNO2. The van der Waals surface area contributed by atoms with Crippen LogP contribution in [0.5, 0.6) is 5.88 Å². The van der Waals surface area contributed by atoms with Crippen molar-refractivity contribution in [1.29, 1.82) is 0 Å². The van der Waals surface area contributed by atoms with E-state index in [1.54, 1.807) is 6.07 Å². The Kier molecular flexibility index (Phi) is 3.51. The summed E-state index contributed by atoms with van der Waals surface area (Å²) in [7, 11) is 0. The second-order valence-corrected chi connectivity index (χ2v) is 3.35. The molecule has 1 rings (SSSR count). The Hall–Kier alpha value is -0.800. The Morgan fingerprint density at radius 2 is 2.31 bits per heavy atom. The highest BCUT2D eigenvalue weighted by atomic mass is 35.5. The number of aliphatic hydroxyl groups is 1. The molecule has 1 heterocycles. The molecule has 0 spiro atoms. The molecular weight excluding hydrogens is 190 g/mol. The minimum atomic E-state index is -0.101. The topological polar surface area (TPSA) is 42.4 Å². The maximum atomic E-state index is 8.91. The van der Waals surface area contributed by atoms with Crippen LogP contribution in [-0.4, -0.2) is 16.2 Å². The smallest absolute Gasteiger partial charge is 0.213 e. The van der Waals surface area contributed by atoms with E-state index in [2.05, 4.69) is 4.98 Å². The largest absolute Gasteiger partial charge is 0.475 e. The summed E-state index contributed by atoms with van der Waals surface area (Å²) in [6.07, 6.45) is 1.55. The van der Waals surface area contributed by atoms with E-state index in [4.69, 9.17) is 21.4 Å². The SMILES string of the molecule is CC(C)Oc1cc(CO)c(Cl)cn1. The molecule has 4 heteroatoms. The van der Waals surface area contributed by atoms with E-state index >= 15 is 0 Å². The lowest BCUT2D eigenvalue weighted by Gasteiger charge is -2.09. The number of halogens is 1. The number of pyridine rings is 1. The van der Waals surface area contributed by atoms with E-state index in [1.807, 2.05) is 13.8 Å². The molecule has 1 N–H and O–H groups in total. The van der Waals surface area contributed by atoms with Gasteiger partial charge in [-0.3, -0.25) is 0 Å². The number of aliphatic hydroxyl groups excluding tert-OH is 1. The van der Waals surface area contributed by atoms with Gasteiger partial charge in [-0.25, -0.2) is 4.98 Å². The van der Waals surface area contributed by atoms with Crippen molar-refractivity contribution in [1.82, 2.24) is 4.98 Å². The van der Waals surface area contributed by atoms with Crippen LogP contribution in [0.25, 0.3) is 0 Å². The molecule has 0 bridgehead atoms. The van der Waals surface area contributed by atoms with Gasteiger partial charge in [-0.05, 0) is 13.8 Å². The predicted molar refractivity (Wildman–Crippen MR) is 50.9 cm³/mol. The fraction of sp³-hybridized carbons (Fsp3) is 0.444. The molecule has 3 nitrogen and oxygen atoms in total. The van der Waals surface area contributed by atoms with Crippen LogP contribution in [0.2, 0.25) is 5.02 Å². The fourth-order valence-corrected chi connectivity index (χ4v) is 1.05. The van der Waals surface area contributed by atoms with Gasteiger partial charge in [-0.2, -0.15) is 0 Å². The van der Waals surface area contributed by atoms with Crippen molar-refractivity contribution >= 4 is 11.6 Å². The quantitative estimate of drug-likeness (QED) is 0.814. The van der Waals surface area contributed by atoms with Crippen molar-refractivity contribution < 1.29 is 9.84 Å². The van der Waals surface area contributed by atoms with Gasteiger partial charge in [0.2, 0.25) is 5.88 Å². The van der Waals surface area contributed by atoms with Crippen LogP contribution >= 0.6 is 11.6 Å². The molecule has 72 valence electrons. The van der Waals surface area contributed by atoms with Gasteiger partial charge in [0.15, 0.2) is 0 Å². The van der Waals surface area contributed by atoms with E-state index in [0.717, 1.165) is 0 Å². The maximum absolute atomic E-state index is 8.91. The Balaban J connectivity index is 2.86. The Morgan fingerprint density at radius 3 is 2.85 bits per heavy atom. The van der Waals surface area contributed by atoms with Crippen LogP contribution < -0.4 is 4.74 Å². The summed E-state index contributed by atoms with van der Waals surface area (Å²) in [5.41, 5.74) is 0.632. The first kappa shape index (κ1) is 10.3. The van der Waals surface area contributed by atoms with E-state index in [-0.39, 0.29) is 12.7 Å². The molecule has 0 saturated carbocycles. The van der Waals surface area contributed by atoms with Crippen LogP contribution in [-0.2, 0) is 6.61 Å². The van der Waals surface area contributed by atoms with Crippen molar-refractivity contribution in [2.75, 3.05) is 0 Å². The maximum Gasteiger partial charge on any atom is 0.213 e. The fourth-order valence-electron chi connectivity index (χ4n) is 0.886. The van der Waals surface area contributed by atoms with Crippen LogP contribution in [0.3, 0.4) is 0 Å². The first-order valence-corrected chi connectivity index (χ1v) is 4.43. The zero-order valence-corrected chi connectivity index (χ0v) is 8.38. The predicted octanol–water partition coefficient (Wildman–Crippen LogP) is 2.01. The van der Waals surface area contributed by atoms with Crippen molar-refractivity contribution in [2.24, 2.45) is 0 Å². The van der Waals surface area contributed by atoms with E-state index in [1.165, 1.54) is 6.20 Å². The molecule has 0 fully saturated rings. The third-order valence-electron chi connectivity index (χ3n) is 1.44. The summed E-state index contributed by atoms with van der Waals surface area (Å²) in [6.45, 7) is 3.72. The molecule has 0 radical (unpaired) electrons. The Bertz CT molecular complexity index is 289. The van der Waals surface area contributed by atoms with Crippen LogP contribution in [0.4, 0.5) is 0 Å². The number of nitrogens with zero attached hydrogens (tertiary/aromatic N) is 1. The van der Waals surface area contributed by atoms with Crippen LogP contribution in [0, 0.1) is 0 Å². The Morgan fingerprint density at radius 1 is 1.62 bits per heavy atom. The van der Waals surface area contributed by atoms with Crippen molar-refractivity contribution in [3.05, 3.63) is 22.8 Å². The van der Waals surface area contributed by atoms with E-state index < -0.39 is 0 Å². The minimum Gasteiger partial charge on any atom is -0.475 e. The molecule has 0 aromatic carbocycles. The molecule has 0 atom stereocenters. The number of hydrogen-bond donors (Lipinski definition) is 1. The van der Waals surface area contributed by atoms with E-state index in [0.29, 0.717) is 16.5 Å². The van der Waals surface area contributed by atoms with E-state index in [9.17, 15) is 0 Å². The molecule has 0 saturated heterocycles. The van der Waals surface area contributed by atoms with Gasteiger partial charge in [0, 0.05) is 17.8 Å². The second kappa shape index (κ2) is 4.44. The normalized spacial score (nSPS) is 10.5. The average molecular weight is 202 g/mol. The van der Waals surface area contributed by atoms with Gasteiger partial charge in [-0.1, -0.05) is 11.6 Å². The molecule has 0 unspecified atom stereocenters. The van der Waals surface area contributed by atoms with Gasteiger partial charge >= 0.3 is 0 Å². The second-order valence-electron chi connectivity index (χ2n) is 2.94. The first-order valence-electron chi connectivity index (χ1n) is 4.05. The third-order valence-corrected chi connectivity index (χ3v) is 1.78. The lowest BCUT2D eigenvalue weighted by Crippen LogP contribution is -2.07. The monoisotopic (exact) mass is 201 g/mol. The number of rotatable bonds is 3. The molecule has 13 heavy (non-hydrogen) atoms. The summed E-state index contributed by atoms with van der Waals surface area (Å²) in [4.78, 5) is 3.96. The molecule has 1 aromatic rings. The van der Waals surface area contributed by atoms with Crippen LogP contribution in [0.1, 0.15) is 19.4 Å². The molecule has 1 aromatic heterocycles. The summed E-state index contributed by atoms with van der Waals surface area (Å²) in [5.74, 6) is 0.489. The number of aromatic nitrogens is 1. The molecule has 0 aliphatic heterocycles. The highest BCUT2D eigenvalue weighted by molar-refractivity contribution is 6.31. The summed E-state index contributed by atoms with van der Waals surface area (Å²) in [6, 6.07) is 1.64. The first-order chi connectivity index (χ1) is 6.13. The Labute approximate surface area is 82.3 Å². The summed E-state index contributed by atoms with van der Waals surface area (Å²) in [5, 5.41) is 9.37.